The number of hydrogen-bond donors (Lipinski definition) is 3. The van der Waals surface area contributed by atoms with Crippen LogP contribution < -0.4 is 10.0 Å². The summed E-state index contributed by atoms with van der Waals surface area (Å²) in [6.45, 7) is 3.26. The maximum absolute atomic E-state index is 12.2. The van der Waals surface area contributed by atoms with Gasteiger partial charge >= 0.3 is 5.97 Å². The third-order valence-corrected chi connectivity index (χ3v) is 5.12. The minimum absolute atomic E-state index is 0.0349. The largest absolute Gasteiger partial charge is 0.480 e. The lowest BCUT2D eigenvalue weighted by Crippen LogP contribution is -2.50. The number of halogens is 1. The van der Waals surface area contributed by atoms with E-state index in [4.69, 9.17) is 16.7 Å². The number of benzene rings is 1. The molecule has 2 unspecified atom stereocenters. The van der Waals surface area contributed by atoms with E-state index in [1.54, 1.807) is 0 Å². The number of carbonyl (C=O) groups excluding carboxylic acids is 1. The van der Waals surface area contributed by atoms with Gasteiger partial charge in [0.05, 0.1) is 10.9 Å². The number of carboxylic acid groups (broad SMARTS) is 1. The van der Waals surface area contributed by atoms with Crippen molar-refractivity contribution in [1.82, 2.24) is 10.0 Å². The van der Waals surface area contributed by atoms with E-state index in [-0.39, 0.29) is 11.3 Å². The van der Waals surface area contributed by atoms with Crippen molar-refractivity contribution in [3.8, 4) is 0 Å². The van der Waals surface area contributed by atoms with Gasteiger partial charge in [-0.25, -0.2) is 13.2 Å². The average Bonchev–Trinajstić information content (AvgIpc) is 2.50. The average molecular weight is 377 g/mol. The Kier molecular flexibility index (Phi) is 7.65. The second-order valence-electron chi connectivity index (χ2n) is 5.34. The summed E-state index contributed by atoms with van der Waals surface area (Å²) in [5.41, 5.74) is 0. The molecule has 0 aliphatic carbocycles. The van der Waals surface area contributed by atoms with Crippen LogP contribution in [-0.2, 0) is 19.6 Å². The van der Waals surface area contributed by atoms with Crippen LogP contribution in [0.15, 0.2) is 29.2 Å². The van der Waals surface area contributed by atoms with Crippen molar-refractivity contribution in [3.05, 3.63) is 29.3 Å². The van der Waals surface area contributed by atoms with Gasteiger partial charge in [-0.3, -0.25) is 4.79 Å². The summed E-state index contributed by atoms with van der Waals surface area (Å²) in [6, 6.07) is 3.32. The lowest BCUT2D eigenvalue weighted by atomic mass is 10.1. The molecule has 9 heteroatoms. The van der Waals surface area contributed by atoms with Crippen molar-refractivity contribution in [1.29, 1.82) is 0 Å². The van der Waals surface area contributed by atoms with Gasteiger partial charge in [0.25, 0.3) is 0 Å². The molecule has 0 aliphatic heterocycles. The molecule has 134 valence electrons. The van der Waals surface area contributed by atoms with Gasteiger partial charge in [0, 0.05) is 5.02 Å². The SMILES string of the molecule is CCCCC(NC(=O)C(C)NS(=O)(=O)c1ccc(Cl)cc1)C(=O)O. The van der Waals surface area contributed by atoms with E-state index in [1.165, 1.54) is 31.2 Å². The second kappa shape index (κ2) is 9.00. The number of nitrogens with one attached hydrogen (secondary N) is 2. The molecule has 7 nitrogen and oxygen atoms in total. The zero-order chi connectivity index (χ0) is 18.3. The number of carboxylic acids is 1. The Morgan fingerprint density at radius 2 is 1.83 bits per heavy atom. The Morgan fingerprint density at radius 3 is 2.33 bits per heavy atom. The number of sulfonamides is 1. The molecule has 2 atom stereocenters. The highest BCUT2D eigenvalue weighted by atomic mass is 35.5. The monoisotopic (exact) mass is 376 g/mol. The summed E-state index contributed by atoms with van der Waals surface area (Å²) < 4.78 is 26.6. The van der Waals surface area contributed by atoms with Crippen LogP contribution in [0.1, 0.15) is 33.1 Å². The Labute approximate surface area is 146 Å². The predicted molar refractivity (Wildman–Crippen MR) is 90.3 cm³/mol. The number of hydrogen-bond acceptors (Lipinski definition) is 4. The van der Waals surface area contributed by atoms with Gasteiger partial charge in [-0.2, -0.15) is 4.72 Å². The number of unbranched alkanes of at least 4 members (excludes halogenated alkanes) is 1. The molecular formula is C15H21ClN2O5S. The third-order valence-electron chi connectivity index (χ3n) is 3.31. The molecule has 0 radical (unpaired) electrons. The van der Waals surface area contributed by atoms with E-state index in [1.807, 2.05) is 6.92 Å². The first kappa shape index (κ1) is 20.4. The Balaban J connectivity index is 2.74. The van der Waals surface area contributed by atoms with E-state index < -0.39 is 34.0 Å². The fraction of sp³-hybridized carbons (Fsp3) is 0.467. The molecule has 1 aromatic rings. The summed E-state index contributed by atoms with van der Waals surface area (Å²) in [4.78, 5) is 23.2. The fourth-order valence-corrected chi connectivity index (χ4v) is 3.26. The van der Waals surface area contributed by atoms with Gasteiger partial charge < -0.3 is 10.4 Å². The van der Waals surface area contributed by atoms with Crippen LogP contribution in [-0.4, -0.2) is 37.5 Å². The van der Waals surface area contributed by atoms with Crippen molar-refractivity contribution in [2.75, 3.05) is 0 Å². The Morgan fingerprint density at radius 1 is 1.25 bits per heavy atom. The number of carbonyl (C=O) groups is 2. The van der Waals surface area contributed by atoms with Gasteiger partial charge in [-0.05, 0) is 37.6 Å². The molecule has 0 bridgehead atoms. The minimum atomic E-state index is -3.91. The predicted octanol–water partition coefficient (Wildman–Crippen LogP) is 1.77. The van der Waals surface area contributed by atoms with Gasteiger partial charge in [0.1, 0.15) is 6.04 Å². The van der Waals surface area contributed by atoms with Crippen LogP contribution in [0.4, 0.5) is 0 Å². The first-order valence-corrected chi connectivity index (χ1v) is 9.34. The molecular weight excluding hydrogens is 356 g/mol. The molecule has 0 heterocycles. The maximum atomic E-state index is 12.2. The quantitative estimate of drug-likeness (QED) is 0.608. The van der Waals surface area contributed by atoms with E-state index in [0.29, 0.717) is 11.4 Å². The lowest BCUT2D eigenvalue weighted by Gasteiger charge is -2.18. The zero-order valence-electron chi connectivity index (χ0n) is 13.5. The highest BCUT2D eigenvalue weighted by Crippen LogP contribution is 2.14. The van der Waals surface area contributed by atoms with Crippen LogP contribution >= 0.6 is 11.6 Å². The topological polar surface area (TPSA) is 113 Å². The molecule has 0 saturated carbocycles. The first-order valence-electron chi connectivity index (χ1n) is 7.48. The maximum Gasteiger partial charge on any atom is 0.326 e. The normalized spacial score (nSPS) is 14.0. The molecule has 0 aromatic heterocycles. The van der Waals surface area contributed by atoms with E-state index in [2.05, 4.69) is 10.0 Å². The smallest absolute Gasteiger partial charge is 0.326 e. The molecule has 24 heavy (non-hydrogen) atoms. The zero-order valence-corrected chi connectivity index (χ0v) is 15.0. The minimum Gasteiger partial charge on any atom is -0.480 e. The van der Waals surface area contributed by atoms with Crippen LogP contribution in [0.5, 0.6) is 0 Å². The van der Waals surface area contributed by atoms with Crippen LogP contribution in [0.2, 0.25) is 5.02 Å². The highest BCUT2D eigenvalue weighted by Gasteiger charge is 2.26. The van der Waals surface area contributed by atoms with Gasteiger partial charge in [0.2, 0.25) is 15.9 Å². The highest BCUT2D eigenvalue weighted by molar-refractivity contribution is 7.89. The third kappa shape index (κ3) is 6.10. The summed E-state index contributed by atoms with van der Waals surface area (Å²) in [5, 5.41) is 11.8. The van der Waals surface area contributed by atoms with Crippen molar-refractivity contribution in [2.45, 2.75) is 50.1 Å². The number of amides is 1. The fourth-order valence-electron chi connectivity index (χ4n) is 1.93. The molecule has 1 amide bonds. The molecule has 3 N–H and O–H groups in total. The summed E-state index contributed by atoms with van der Waals surface area (Å²) in [5.74, 6) is -1.85. The van der Waals surface area contributed by atoms with Gasteiger partial charge in [-0.15, -0.1) is 0 Å². The molecule has 0 spiro atoms. The molecule has 1 aromatic carbocycles. The molecule has 1 rings (SSSR count). The molecule has 0 aliphatic rings. The summed E-state index contributed by atoms with van der Waals surface area (Å²) in [7, 11) is -3.91. The molecule has 0 fully saturated rings. The number of aliphatic carboxylic acids is 1. The van der Waals surface area contributed by atoms with Crippen LogP contribution in [0, 0.1) is 0 Å². The van der Waals surface area contributed by atoms with E-state index in [9.17, 15) is 18.0 Å². The van der Waals surface area contributed by atoms with Crippen molar-refractivity contribution >= 4 is 33.5 Å². The standard InChI is InChI=1S/C15H21ClN2O5S/c1-3-4-5-13(15(20)21)17-14(19)10(2)18-24(22,23)12-8-6-11(16)7-9-12/h6-10,13,18H,3-5H2,1-2H3,(H,17,19)(H,20,21). The van der Waals surface area contributed by atoms with Crippen molar-refractivity contribution < 1.29 is 23.1 Å². The summed E-state index contributed by atoms with van der Waals surface area (Å²) >= 11 is 5.71. The van der Waals surface area contributed by atoms with Crippen LogP contribution in [0.3, 0.4) is 0 Å². The van der Waals surface area contributed by atoms with Gasteiger partial charge in [-0.1, -0.05) is 31.4 Å². The van der Waals surface area contributed by atoms with Gasteiger partial charge in [0.15, 0.2) is 0 Å². The second-order valence-corrected chi connectivity index (χ2v) is 7.49. The van der Waals surface area contributed by atoms with Crippen molar-refractivity contribution in [2.24, 2.45) is 0 Å². The van der Waals surface area contributed by atoms with Crippen LogP contribution in [0.25, 0.3) is 0 Å². The van der Waals surface area contributed by atoms with E-state index in [0.717, 1.165) is 6.42 Å². The molecule has 0 saturated heterocycles. The van der Waals surface area contributed by atoms with E-state index >= 15 is 0 Å². The Hall–Kier alpha value is -1.64. The van der Waals surface area contributed by atoms with Crippen molar-refractivity contribution in [3.63, 3.8) is 0 Å². The Bertz CT molecular complexity index is 676. The summed E-state index contributed by atoms with van der Waals surface area (Å²) in [6.07, 6.45) is 1.72. The number of rotatable bonds is 9. The lowest BCUT2D eigenvalue weighted by molar-refractivity contribution is -0.142. The first-order chi connectivity index (χ1) is 11.2.